The molecule has 2 aliphatic rings. The SMILES string of the molecule is CCN1CCCC1CN(C)C(=O)N1C(C)SCC1C(=O)O. The van der Waals surface area contributed by atoms with Gasteiger partial charge >= 0.3 is 12.0 Å². The first-order valence-corrected chi connectivity index (χ1v) is 8.62. The monoisotopic (exact) mass is 315 g/mol. The van der Waals surface area contributed by atoms with Gasteiger partial charge in [-0.2, -0.15) is 0 Å². The quantitative estimate of drug-likeness (QED) is 0.849. The predicted octanol–water partition coefficient (Wildman–Crippen LogP) is 1.37. The molecule has 0 spiro atoms. The van der Waals surface area contributed by atoms with Gasteiger partial charge in [-0.3, -0.25) is 9.80 Å². The van der Waals surface area contributed by atoms with E-state index in [4.69, 9.17) is 0 Å². The summed E-state index contributed by atoms with van der Waals surface area (Å²) in [5, 5.41) is 9.19. The minimum atomic E-state index is -0.912. The fourth-order valence-corrected chi connectivity index (χ4v) is 4.39. The Bertz CT molecular complexity index is 407. The number of likely N-dealkylation sites (N-methyl/N-ethyl adjacent to an activating group) is 2. The maximum absolute atomic E-state index is 12.6. The van der Waals surface area contributed by atoms with Gasteiger partial charge in [-0.15, -0.1) is 11.8 Å². The molecular weight excluding hydrogens is 290 g/mol. The van der Waals surface area contributed by atoms with E-state index in [1.807, 2.05) is 6.92 Å². The second kappa shape index (κ2) is 6.87. The Balaban J connectivity index is 1.99. The topological polar surface area (TPSA) is 64.1 Å². The highest BCUT2D eigenvalue weighted by Gasteiger charge is 2.41. The van der Waals surface area contributed by atoms with Gasteiger partial charge in [-0.1, -0.05) is 6.92 Å². The van der Waals surface area contributed by atoms with Gasteiger partial charge in [0.15, 0.2) is 0 Å². The van der Waals surface area contributed by atoms with Crippen LogP contribution in [0.2, 0.25) is 0 Å². The van der Waals surface area contributed by atoms with E-state index in [0.29, 0.717) is 18.3 Å². The average Bonchev–Trinajstić information content (AvgIpc) is 3.04. The van der Waals surface area contributed by atoms with E-state index < -0.39 is 12.0 Å². The van der Waals surface area contributed by atoms with E-state index in [2.05, 4.69) is 11.8 Å². The van der Waals surface area contributed by atoms with Crippen molar-refractivity contribution in [1.82, 2.24) is 14.7 Å². The summed E-state index contributed by atoms with van der Waals surface area (Å²) in [7, 11) is 1.78. The number of carboxylic acid groups (broad SMARTS) is 1. The number of urea groups is 1. The summed E-state index contributed by atoms with van der Waals surface area (Å²) in [4.78, 5) is 29.5. The van der Waals surface area contributed by atoms with E-state index in [9.17, 15) is 14.7 Å². The lowest BCUT2D eigenvalue weighted by Crippen LogP contribution is -2.52. The molecule has 2 saturated heterocycles. The van der Waals surface area contributed by atoms with Crippen LogP contribution in [0.1, 0.15) is 26.7 Å². The van der Waals surface area contributed by atoms with Crippen LogP contribution in [0.3, 0.4) is 0 Å². The van der Waals surface area contributed by atoms with Gasteiger partial charge in [-0.25, -0.2) is 9.59 Å². The van der Waals surface area contributed by atoms with Crippen LogP contribution in [0.5, 0.6) is 0 Å². The van der Waals surface area contributed by atoms with Gasteiger partial charge in [0.25, 0.3) is 0 Å². The summed E-state index contributed by atoms with van der Waals surface area (Å²) < 4.78 is 0. The molecule has 120 valence electrons. The third-order valence-electron chi connectivity index (χ3n) is 4.45. The standard InChI is InChI=1S/C14H25N3O3S/c1-4-16-7-5-6-11(16)8-15(3)14(20)17-10(2)21-9-12(17)13(18)19/h10-12H,4-9H2,1-3H3,(H,18,19). The summed E-state index contributed by atoms with van der Waals surface area (Å²) >= 11 is 1.52. The number of carbonyl (C=O) groups is 2. The number of thioether (sulfide) groups is 1. The Labute approximate surface area is 130 Å². The minimum Gasteiger partial charge on any atom is -0.480 e. The number of amides is 2. The van der Waals surface area contributed by atoms with Crippen molar-refractivity contribution in [1.29, 1.82) is 0 Å². The third kappa shape index (κ3) is 3.45. The Morgan fingerprint density at radius 1 is 1.43 bits per heavy atom. The van der Waals surface area contributed by atoms with Crippen LogP contribution in [0.15, 0.2) is 0 Å². The Morgan fingerprint density at radius 2 is 2.14 bits per heavy atom. The maximum Gasteiger partial charge on any atom is 0.327 e. The number of hydrogen-bond donors (Lipinski definition) is 1. The maximum atomic E-state index is 12.6. The van der Waals surface area contributed by atoms with Gasteiger partial charge in [0, 0.05) is 25.4 Å². The third-order valence-corrected chi connectivity index (χ3v) is 5.66. The summed E-state index contributed by atoms with van der Waals surface area (Å²) in [6.45, 7) is 6.80. The Kier molecular flexibility index (Phi) is 5.37. The molecule has 2 fully saturated rings. The van der Waals surface area contributed by atoms with Gasteiger partial charge in [0.2, 0.25) is 0 Å². The largest absolute Gasteiger partial charge is 0.480 e. The van der Waals surface area contributed by atoms with Crippen molar-refractivity contribution in [3.05, 3.63) is 0 Å². The molecule has 7 heteroatoms. The lowest BCUT2D eigenvalue weighted by atomic mass is 10.2. The Hall–Kier alpha value is -0.950. The van der Waals surface area contributed by atoms with Crippen LogP contribution in [0.25, 0.3) is 0 Å². The van der Waals surface area contributed by atoms with Crippen molar-refractivity contribution >= 4 is 23.8 Å². The highest BCUT2D eigenvalue weighted by molar-refractivity contribution is 8.00. The molecule has 3 unspecified atom stereocenters. The molecule has 1 N–H and O–H groups in total. The number of carbonyl (C=O) groups excluding carboxylic acids is 1. The van der Waals surface area contributed by atoms with E-state index in [0.717, 1.165) is 19.5 Å². The number of rotatable bonds is 4. The first kappa shape index (κ1) is 16.4. The summed E-state index contributed by atoms with van der Waals surface area (Å²) in [6.07, 6.45) is 2.28. The highest BCUT2D eigenvalue weighted by Crippen LogP contribution is 2.30. The van der Waals surface area contributed by atoms with Gasteiger partial charge in [0.1, 0.15) is 6.04 Å². The molecule has 0 aromatic heterocycles. The second-order valence-corrected chi connectivity index (χ2v) is 7.13. The van der Waals surface area contributed by atoms with E-state index >= 15 is 0 Å². The molecule has 6 nitrogen and oxygen atoms in total. The fraction of sp³-hybridized carbons (Fsp3) is 0.857. The smallest absolute Gasteiger partial charge is 0.327 e. The molecule has 2 amide bonds. The van der Waals surface area contributed by atoms with Gasteiger partial charge in [-0.05, 0) is 32.9 Å². The van der Waals surface area contributed by atoms with Crippen molar-refractivity contribution in [2.45, 2.75) is 44.1 Å². The van der Waals surface area contributed by atoms with Crippen molar-refractivity contribution < 1.29 is 14.7 Å². The lowest BCUT2D eigenvalue weighted by Gasteiger charge is -2.33. The van der Waals surface area contributed by atoms with Gasteiger partial charge in [0.05, 0.1) is 5.37 Å². The molecule has 2 aliphatic heterocycles. The fourth-order valence-electron chi connectivity index (χ4n) is 3.23. The molecule has 3 atom stereocenters. The van der Waals surface area contributed by atoms with E-state index in [1.54, 1.807) is 11.9 Å². The highest BCUT2D eigenvalue weighted by atomic mass is 32.2. The van der Waals surface area contributed by atoms with Crippen LogP contribution in [0.4, 0.5) is 4.79 Å². The average molecular weight is 315 g/mol. The summed E-state index contributed by atoms with van der Waals surface area (Å²) in [5.41, 5.74) is 0. The van der Waals surface area contributed by atoms with E-state index in [-0.39, 0.29) is 11.4 Å². The molecule has 0 aromatic rings. The van der Waals surface area contributed by atoms with Crippen molar-refractivity contribution in [3.63, 3.8) is 0 Å². The molecule has 0 saturated carbocycles. The molecule has 2 heterocycles. The lowest BCUT2D eigenvalue weighted by molar-refractivity contribution is -0.141. The predicted molar refractivity (Wildman–Crippen MR) is 83.5 cm³/mol. The zero-order valence-corrected chi connectivity index (χ0v) is 13.8. The van der Waals surface area contributed by atoms with Crippen LogP contribution < -0.4 is 0 Å². The van der Waals surface area contributed by atoms with Crippen molar-refractivity contribution in [3.8, 4) is 0 Å². The first-order valence-electron chi connectivity index (χ1n) is 7.57. The zero-order chi connectivity index (χ0) is 15.6. The second-order valence-electron chi connectivity index (χ2n) is 5.78. The Morgan fingerprint density at radius 3 is 2.76 bits per heavy atom. The van der Waals surface area contributed by atoms with Crippen LogP contribution in [-0.4, -0.2) is 81.7 Å². The zero-order valence-electron chi connectivity index (χ0n) is 13.0. The number of carboxylic acids is 1. The first-order chi connectivity index (χ1) is 9.95. The normalized spacial score (nSPS) is 29.9. The number of likely N-dealkylation sites (tertiary alicyclic amines) is 1. The molecule has 2 rings (SSSR count). The van der Waals surface area contributed by atoms with Crippen molar-refractivity contribution in [2.75, 3.05) is 32.4 Å². The number of hydrogen-bond acceptors (Lipinski definition) is 4. The van der Waals surface area contributed by atoms with Crippen LogP contribution >= 0.6 is 11.8 Å². The van der Waals surface area contributed by atoms with Crippen molar-refractivity contribution in [2.24, 2.45) is 0 Å². The molecule has 0 radical (unpaired) electrons. The van der Waals surface area contributed by atoms with Gasteiger partial charge < -0.3 is 10.0 Å². The molecule has 0 bridgehead atoms. The number of aliphatic carboxylic acids is 1. The molecule has 21 heavy (non-hydrogen) atoms. The van der Waals surface area contributed by atoms with Crippen LogP contribution in [-0.2, 0) is 4.79 Å². The number of nitrogens with zero attached hydrogens (tertiary/aromatic N) is 3. The minimum absolute atomic E-state index is 0.0769. The summed E-state index contributed by atoms with van der Waals surface area (Å²) in [5.74, 6) is -0.440. The summed E-state index contributed by atoms with van der Waals surface area (Å²) in [6, 6.07) is -0.466. The van der Waals surface area contributed by atoms with Crippen LogP contribution in [0, 0.1) is 0 Å². The molecular formula is C14H25N3O3S. The van der Waals surface area contributed by atoms with E-state index in [1.165, 1.54) is 23.1 Å². The molecule has 0 aliphatic carbocycles. The molecule has 0 aromatic carbocycles.